The van der Waals surface area contributed by atoms with Crippen molar-refractivity contribution in [1.29, 1.82) is 0 Å². The maximum atomic E-state index is 3.55. The van der Waals surface area contributed by atoms with Crippen LogP contribution in [0.4, 0.5) is 11.4 Å². The second kappa shape index (κ2) is 7.95. The summed E-state index contributed by atoms with van der Waals surface area (Å²) >= 11 is 2.05. The van der Waals surface area contributed by atoms with E-state index in [1.54, 1.807) is 0 Å². The zero-order chi connectivity index (χ0) is 15.0. The number of hydrogen-bond donors (Lipinski definition) is 1. The van der Waals surface area contributed by atoms with E-state index < -0.39 is 0 Å². The summed E-state index contributed by atoms with van der Waals surface area (Å²) in [5, 5.41) is 3.55. The molecule has 0 amide bonds. The second-order valence-corrected chi connectivity index (χ2v) is 6.54. The third-order valence-corrected chi connectivity index (χ3v) is 4.72. The highest BCUT2D eigenvalue weighted by molar-refractivity contribution is 7.99. The second-order valence-electron chi connectivity index (χ2n) is 5.31. The fourth-order valence-electron chi connectivity index (χ4n) is 2.63. The normalized spacial score (nSPS) is 15.2. The van der Waals surface area contributed by atoms with Gasteiger partial charge in [-0.3, -0.25) is 0 Å². The molecule has 1 aliphatic rings. The van der Waals surface area contributed by atoms with Gasteiger partial charge in [0.1, 0.15) is 0 Å². The third-order valence-electron chi connectivity index (χ3n) is 3.78. The lowest BCUT2D eigenvalue weighted by molar-refractivity contribution is 0.859. The molecule has 0 spiro atoms. The van der Waals surface area contributed by atoms with E-state index in [0.717, 1.165) is 19.6 Å². The third kappa shape index (κ3) is 4.08. The maximum absolute atomic E-state index is 3.55. The van der Waals surface area contributed by atoms with Crippen LogP contribution in [0.5, 0.6) is 0 Å². The Kier molecular flexibility index (Phi) is 5.43. The van der Waals surface area contributed by atoms with Crippen LogP contribution in [-0.4, -0.2) is 31.1 Å². The largest absolute Gasteiger partial charge is 0.380 e. The summed E-state index contributed by atoms with van der Waals surface area (Å²) in [6.45, 7) is 3.13. The summed E-state index contributed by atoms with van der Waals surface area (Å²) in [4.78, 5) is 2.49. The molecule has 0 saturated carbocycles. The number of para-hydroxylation sites is 2. The van der Waals surface area contributed by atoms with Crippen molar-refractivity contribution in [2.24, 2.45) is 0 Å². The first-order valence-corrected chi connectivity index (χ1v) is 8.96. The van der Waals surface area contributed by atoms with Crippen LogP contribution < -0.4 is 10.2 Å². The number of thioether (sulfide) groups is 1. The first kappa shape index (κ1) is 15.0. The molecule has 0 atom stereocenters. The van der Waals surface area contributed by atoms with E-state index in [9.17, 15) is 0 Å². The van der Waals surface area contributed by atoms with Crippen molar-refractivity contribution in [2.45, 2.75) is 0 Å². The van der Waals surface area contributed by atoms with Gasteiger partial charge < -0.3 is 10.2 Å². The molecule has 1 aliphatic heterocycles. The standard InChI is InChI=1S/C19H22N2S/c1-2-7-17(8-3-1)9-6-12-20-18-10-4-5-11-19(18)21-13-15-22-16-14-21/h1-11,20H,12-16H2/b9-6+. The van der Waals surface area contributed by atoms with Crippen LogP contribution in [0.25, 0.3) is 6.08 Å². The maximum Gasteiger partial charge on any atom is 0.0602 e. The average molecular weight is 310 g/mol. The molecule has 3 heteroatoms. The van der Waals surface area contributed by atoms with Gasteiger partial charge in [0.15, 0.2) is 0 Å². The van der Waals surface area contributed by atoms with Crippen LogP contribution in [-0.2, 0) is 0 Å². The molecule has 1 N–H and O–H groups in total. The van der Waals surface area contributed by atoms with E-state index in [4.69, 9.17) is 0 Å². The molecule has 1 fully saturated rings. The van der Waals surface area contributed by atoms with Crippen LogP contribution in [0, 0.1) is 0 Å². The predicted octanol–water partition coefficient (Wildman–Crippen LogP) is 4.37. The molecule has 2 nitrogen and oxygen atoms in total. The van der Waals surface area contributed by atoms with E-state index >= 15 is 0 Å². The Morgan fingerprint density at radius 3 is 2.50 bits per heavy atom. The smallest absolute Gasteiger partial charge is 0.0602 e. The molecule has 1 saturated heterocycles. The molecule has 0 radical (unpaired) electrons. The topological polar surface area (TPSA) is 15.3 Å². The minimum absolute atomic E-state index is 0.842. The van der Waals surface area contributed by atoms with Crippen molar-refractivity contribution < 1.29 is 0 Å². The lowest BCUT2D eigenvalue weighted by atomic mass is 10.2. The van der Waals surface area contributed by atoms with Gasteiger partial charge in [0.2, 0.25) is 0 Å². The lowest BCUT2D eigenvalue weighted by Gasteiger charge is -2.30. The van der Waals surface area contributed by atoms with E-state index in [2.05, 4.69) is 70.9 Å². The van der Waals surface area contributed by atoms with Crippen molar-refractivity contribution >= 4 is 29.2 Å². The summed E-state index contributed by atoms with van der Waals surface area (Å²) in [6, 6.07) is 19.0. The summed E-state index contributed by atoms with van der Waals surface area (Å²) < 4.78 is 0. The van der Waals surface area contributed by atoms with Gasteiger partial charge in [-0.05, 0) is 17.7 Å². The van der Waals surface area contributed by atoms with E-state index in [0.29, 0.717) is 0 Å². The van der Waals surface area contributed by atoms with Crippen molar-refractivity contribution in [3.8, 4) is 0 Å². The van der Waals surface area contributed by atoms with Gasteiger partial charge in [-0.1, -0.05) is 54.6 Å². The Morgan fingerprint density at radius 1 is 0.955 bits per heavy atom. The Balaban J connectivity index is 1.61. The van der Waals surface area contributed by atoms with Gasteiger partial charge >= 0.3 is 0 Å². The van der Waals surface area contributed by atoms with Gasteiger partial charge in [0, 0.05) is 31.1 Å². The summed E-state index contributed by atoms with van der Waals surface area (Å²) in [6.07, 6.45) is 4.34. The van der Waals surface area contributed by atoms with Gasteiger partial charge in [-0.25, -0.2) is 0 Å². The highest BCUT2D eigenvalue weighted by atomic mass is 32.2. The van der Waals surface area contributed by atoms with Crippen LogP contribution >= 0.6 is 11.8 Å². The fraction of sp³-hybridized carbons (Fsp3) is 0.263. The lowest BCUT2D eigenvalue weighted by Crippen LogP contribution is -2.32. The number of benzene rings is 2. The molecule has 1 heterocycles. The molecule has 22 heavy (non-hydrogen) atoms. The highest BCUT2D eigenvalue weighted by Gasteiger charge is 2.13. The van der Waals surface area contributed by atoms with Crippen LogP contribution in [0.1, 0.15) is 5.56 Å². The Hall–Kier alpha value is -1.87. The molecule has 3 rings (SSSR count). The molecule has 0 aromatic heterocycles. The minimum atomic E-state index is 0.842. The molecule has 2 aromatic rings. The Morgan fingerprint density at radius 2 is 1.68 bits per heavy atom. The van der Waals surface area contributed by atoms with E-state index in [1.165, 1.54) is 28.4 Å². The summed E-state index contributed by atoms with van der Waals surface area (Å²) in [7, 11) is 0. The number of anilines is 2. The highest BCUT2D eigenvalue weighted by Crippen LogP contribution is 2.27. The monoisotopic (exact) mass is 310 g/mol. The zero-order valence-corrected chi connectivity index (χ0v) is 13.6. The molecular formula is C19H22N2S. The van der Waals surface area contributed by atoms with Crippen LogP contribution in [0.3, 0.4) is 0 Å². The predicted molar refractivity (Wildman–Crippen MR) is 99.9 cm³/mol. The first-order valence-electron chi connectivity index (χ1n) is 7.81. The van der Waals surface area contributed by atoms with Crippen molar-refractivity contribution in [2.75, 3.05) is 41.4 Å². The summed E-state index contributed by atoms with van der Waals surface area (Å²) in [5.74, 6) is 2.45. The van der Waals surface area contributed by atoms with Crippen LogP contribution in [0.15, 0.2) is 60.7 Å². The van der Waals surface area contributed by atoms with Gasteiger partial charge in [0.05, 0.1) is 11.4 Å². The quantitative estimate of drug-likeness (QED) is 0.883. The first-order chi connectivity index (χ1) is 10.9. The Bertz CT molecular complexity index is 604. The van der Waals surface area contributed by atoms with E-state index in [-0.39, 0.29) is 0 Å². The average Bonchev–Trinajstić information content (AvgIpc) is 2.61. The van der Waals surface area contributed by atoms with E-state index in [1.807, 2.05) is 17.8 Å². The Labute approximate surface area is 137 Å². The number of nitrogens with one attached hydrogen (secondary N) is 1. The molecular weight excluding hydrogens is 288 g/mol. The number of hydrogen-bond acceptors (Lipinski definition) is 3. The fourth-order valence-corrected chi connectivity index (χ4v) is 3.53. The summed E-state index contributed by atoms with van der Waals surface area (Å²) in [5.41, 5.74) is 3.80. The number of rotatable bonds is 5. The molecule has 0 unspecified atom stereocenters. The molecule has 2 aromatic carbocycles. The van der Waals surface area contributed by atoms with Gasteiger partial charge in [0.25, 0.3) is 0 Å². The zero-order valence-electron chi connectivity index (χ0n) is 12.7. The van der Waals surface area contributed by atoms with Crippen molar-refractivity contribution in [1.82, 2.24) is 0 Å². The van der Waals surface area contributed by atoms with Crippen molar-refractivity contribution in [3.05, 3.63) is 66.2 Å². The van der Waals surface area contributed by atoms with Gasteiger partial charge in [-0.2, -0.15) is 11.8 Å². The SMILES string of the molecule is C(=C\c1ccccc1)/CNc1ccccc1N1CCSCC1. The minimum Gasteiger partial charge on any atom is -0.380 e. The molecule has 0 bridgehead atoms. The van der Waals surface area contributed by atoms with Crippen molar-refractivity contribution in [3.63, 3.8) is 0 Å². The number of nitrogens with zero attached hydrogens (tertiary/aromatic N) is 1. The molecule has 114 valence electrons. The van der Waals surface area contributed by atoms with Crippen LogP contribution in [0.2, 0.25) is 0 Å². The van der Waals surface area contributed by atoms with Gasteiger partial charge in [-0.15, -0.1) is 0 Å². The molecule has 0 aliphatic carbocycles.